The van der Waals surface area contributed by atoms with E-state index in [1.54, 1.807) is 11.3 Å². The van der Waals surface area contributed by atoms with E-state index in [1.807, 2.05) is 57.2 Å². The molecule has 1 atom stereocenters. The quantitative estimate of drug-likeness (QED) is 0.629. The largest absolute Gasteiger partial charge is 0.371 e. The first-order valence-corrected chi connectivity index (χ1v) is 11.5. The van der Waals surface area contributed by atoms with Gasteiger partial charge in [-0.05, 0) is 31.4 Å². The fourth-order valence-corrected chi connectivity index (χ4v) is 5.26. The van der Waals surface area contributed by atoms with Crippen LogP contribution in [0.4, 0.5) is 5.82 Å². The minimum atomic E-state index is -0.141. The maximum atomic E-state index is 13.0. The molecule has 2 aromatic heterocycles. The lowest BCUT2D eigenvalue weighted by Crippen LogP contribution is -2.39. The number of anilines is 1. The van der Waals surface area contributed by atoms with Crippen molar-refractivity contribution in [2.45, 2.75) is 32.5 Å². The summed E-state index contributed by atoms with van der Waals surface area (Å²) in [5.41, 5.74) is 2.21. The minimum Gasteiger partial charge on any atom is -0.371 e. The second kappa shape index (κ2) is 9.34. The third kappa shape index (κ3) is 4.74. The van der Waals surface area contributed by atoms with Crippen molar-refractivity contribution < 1.29 is 9.53 Å². The van der Waals surface area contributed by atoms with E-state index in [-0.39, 0.29) is 18.1 Å². The van der Waals surface area contributed by atoms with Gasteiger partial charge in [0.15, 0.2) is 0 Å². The molecule has 1 saturated heterocycles. The molecule has 1 unspecified atom stereocenters. The summed E-state index contributed by atoms with van der Waals surface area (Å²) in [4.78, 5) is 22.7. The Labute approximate surface area is 187 Å². The van der Waals surface area contributed by atoms with Gasteiger partial charge in [-0.2, -0.15) is 0 Å². The first-order chi connectivity index (χ1) is 14.9. The number of benzene rings is 1. The number of hydrogen-bond acceptors (Lipinski definition) is 6. The number of morpholine rings is 1. The van der Waals surface area contributed by atoms with E-state index in [0.29, 0.717) is 6.61 Å². The van der Waals surface area contributed by atoms with Gasteiger partial charge in [-0.3, -0.25) is 9.69 Å². The van der Waals surface area contributed by atoms with Crippen LogP contribution in [-0.4, -0.2) is 55.6 Å². The summed E-state index contributed by atoms with van der Waals surface area (Å²) in [6, 6.07) is 12.4. The Morgan fingerprint density at radius 3 is 2.87 bits per heavy atom. The summed E-state index contributed by atoms with van der Waals surface area (Å²) in [5, 5.41) is 4.17. The smallest absolute Gasteiger partial charge is 0.261 e. The van der Waals surface area contributed by atoms with Crippen molar-refractivity contribution in [1.29, 1.82) is 0 Å². The molecule has 1 aliphatic heterocycles. The number of hydrogen-bond donors (Lipinski definition) is 1. The average molecular weight is 439 g/mol. The Morgan fingerprint density at radius 2 is 2.10 bits per heavy atom. The monoisotopic (exact) mass is 438 g/mol. The van der Waals surface area contributed by atoms with Crippen molar-refractivity contribution in [2.24, 2.45) is 0 Å². The fourth-order valence-electron chi connectivity index (χ4n) is 4.10. The highest BCUT2D eigenvalue weighted by Gasteiger charge is 2.30. The molecule has 164 valence electrons. The Bertz CT molecular complexity index is 1060. The van der Waals surface area contributed by atoms with Crippen molar-refractivity contribution in [3.05, 3.63) is 58.6 Å². The highest BCUT2D eigenvalue weighted by Crippen LogP contribution is 2.38. The van der Waals surface area contributed by atoms with Gasteiger partial charge in [0, 0.05) is 61.8 Å². The minimum absolute atomic E-state index is 0.0194. The van der Waals surface area contributed by atoms with E-state index >= 15 is 0 Å². The van der Waals surface area contributed by atoms with Crippen LogP contribution < -0.4 is 10.2 Å². The van der Waals surface area contributed by atoms with Crippen LogP contribution in [-0.2, 0) is 11.3 Å². The van der Waals surface area contributed by atoms with Crippen LogP contribution in [0.5, 0.6) is 0 Å². The highest BCUT2D eigenvalue weighted by atomic mass is 32.1. The van der Waals surface area contributed by atoms with Crippen molar-refractivity contribution in [1.82, 2.24) is 15.2 Å². The fraction of sp³-hybridized carbons (Fsp3) is 0.417. The maximum Gasteiger partial charge on any atom is 0.261 e. The first kappa shape index (κ1) is 21.7. The molecule has 0 aliphatic carbocycles. The van der Waals surface area contributed by atoms with Gasteiger partial charge in [-0.1, -0.05) is 24.3 Å². The number of carbonyl (C=O) groups is 1. The predicted octanol–water partition coefficient (Wildman–Crippen LogP) is 4.07. The molecule has 0 spiro atoms. The van der Waals surface area contributed by atoms with Crippen molar-refractivity contribution >= 4 is 33.1 Å². The van der Waals surface area contributed by atoms with Crippen molar-refractivity contribution in [2.75, 3.05) is 38.7 Å². The number of aromatic nitrogens is 1. The zero-order valence-corrected chi connectivity index (χ0v) is 19.4. The molecule has 3 aromatic rings. The second-order valence-electron chi connectivity index (χ2n) is 8.44. The molecule has 1 aliphatic rings. The topological polar surface area (TPSA) is 57.7 Å². The normalized spacial score (nSPS) is 17.3. The van der Waals surface area contributed by atoms with Crippen LogP contribution in [0.15, 0.2) is 42.6 Å². The van der Waals surface area contributed by atoms with Crippen LogP contribution in [0.3, 0.4) is 0 Å². The van der Waals surface area contributed by atoms with Crippen LogP contribution in [0.1, 0.15) is 40.8 Å². The highest BCUT2D eigenvalue weighted by molar-refractivity contribution is 7.21. The van der Waals surface area contributed by atoms with Gasteiger partial charge in [0.25, 0.3) is 5.91 Å². The molecular weight excluding hydrogens is 408 g/mol. The number of nitrogens with zero attached hydrogens (tertiary/aromatic N) is 3. The number of nitrogens with one attached hydrogen (secondary N) is 1. The molecule has 1 fully saturated rings. The molecule has 31 heavy (non-hydrogen) atoms. The Morgan fingerprint density at radius 1 is 1.29 bits per heavy atom. The van der Waals surface area contributed by atoms with Gasteiger partial charge in [0.2, 0.25) is 0 Å². The van der Waals surface area contributed by atoms with Crippen molar-refractivity contribution in [3.63, 3.8) is 0 Å². The molecule has 1 N–H and O–H groups in total. The molecule has 0 radical (unpaired) electrons. The van der Waals surface area contributed by atoms with Crippen molar-refractivity contribution in [3.8, 4) is 0 Å². The molecule has 0 saturated carbocycles. The number of thiophene rings is 1. The number of carbonyl (C=O) groups excluding carboxylic acids is 1. The van der Waals surface area contributed by atoms with Gasteiger partial charge in [0.1, 0.15) is 5.82 Å². The zero-order valence-electron chi connectivity index (χ0n) is 18.6. The lowest BCUT2D eigenvalue weighted by Gasteiger charge is -2.34. The Balaban J connectivity index is 1.63. The number of ether oxygens (including phenoxy) is 1. The maximum absolute atomic E-state index is 13.0. The first-order valence-electron chi connectivity index (χ1n) is 10.7. The third-order valence-electron chi connectivity index (χ3n) is 5.42. The number of amides is 1. The molecule has 0 bridgehead atoms. The zero-order chi connectivity index (χ0) is 22.0. The molecule has 7 heteroatoms. The molecule has 6 nitrogen and oxygen atoms in total. The van der Waals surface area contributed by atoms with E-state index < -0.39 is 0 Å². The summed E-state index contributed by atoms with van der Waals surface area (Å²) in [6.45, 7) is 7.01. The standard InChI is InChI=1S/C24H30N4O2S/c1-16(2)26-24(29)22-21(18-9-5-6-10-20(18)31-22)19-15-28(12-13-30-19)14-17-8-7-11-25-23(17)27(3)4/h5-11,16,19H,12-15H2,1-4H3,(H,26,29). The summed E-state index contributed by atoms with van der Waals surface area (Å²) in [6.07, 6.45) is 1.69. The number of fused-ring (bicyclic) bond motifs is 1. The molecule has 1 amide bonds. The Hall–Kier alpha value is -2.48. The second-order valence-corrected chi connectivity index (χ2v) is 9.50. The van der Waals surface area contributed by atoms with E-state index in [9.17, 15) is 4.79 Å². The molecule has 4 rings (SSSR count). The summed E-state index contributed by atoms with van der Waals surface area (Å²) >= 11 is 1.55. The SMILES string of the molecule is CC(C)NC(=O)c1sc2ccccc2c1C1CN(Cc2cccnc2N(C)C)CCO1. The lowest BCUT2D eigenvalue weighted by atomic mass is 10.0. The predicted molar refractivity (Wildman–Crippen MR) is 127 cm³/mol. The third-order valence-corrected chi connectivity index (χ3v) is 6.60. The molecule has 3 heterocycles. The summed E-state index contributed by atoms with van der Waals surface area (Å²) in [5.74, 6) is 0.970. The Kier molecular flexibility index (Phi) is 6.55. The average Bonchev–Trinajstić information content (AvgIpc) is 3.13. The summed E-state index contributed by atoms with van der Waals surface area (Å²) in [7, 11) is 4.04. The van der Waals surface area contributed by atoms with Gasteiger partial charge < -0.3 is 15.0 Å². The van der Waals surface area contributed by atoms with Crippen LogP contribution in [0.25, 0.3) is 10.1 Å². The number of rotatable bonds is 6. The lowest BCUT2D eigenvalue weighted by molar-refractivity contribution is -0.0323. The van der Waals surface area contributed by atoms with Gasteiger partial charge in [0.05, 0.1) is 17.6 Å². The molecular formula is C24H30N4O2S. The van der Waals surface area contributed by atoms with E-state index in [0.717, 1.165) is 46.0 Å². The van der Waals surface area contributed by atoms with E-state index in [2.05, 4.69) is 33.4 Å². The van der Waals surface area contributed by atoms with Crippen LogP contribution in [0, 0.1) is 0 Å². The number of pyridine rings is 1. The van der Waals surface area contributed by atoms with Gasteiger partial charge in [-0.25, -0.2) is 4.98 Å². The van der Waals surface area contributed by atoms with Crippen LogP contribution >= 0.6 is 11.3 Å². The van der Waals surface area contributed by atoms with E-state index in [4.69, 9.17) is 4.74 Å². The molecule has 1 aromatic carbocycles. The van der Waals surface area contributed by atoms with Gasteiger partial charge in [-0.15, -0.1) is 11.3 Å². The van der Waals surface area contributed by atoms with Crippen LogP contribution in [0.2, 0.25) is 0 Å². The van der Waals surface area contributed by atoms with E-state index in [1.165, 1.54) is 5.56 Å². The summed E-state index contributed by atoms with van der Waals surface area (Å²) < 4.78 is 7.35. The van der Waals surface area contributed by atoms with Gasteiger partial charge >= 0.3 is 0 Å².